The molecule has 3 N–H and O–H groups in total. The zero-order valence-electron chi connectivity index (χ0n) is 12.0. The van der Waals surface area contributed by atoms with E-state index in [0.717, 1.165) is 22.4 Å². The van der Waals surface area contributed by atoms with Gasteiger partial charge in [-0.3, -0.25) is 0 Å². The lowest BCUT2D eigenvalue weighted by Gasteiger charge is -2.07. The summed E-state index contributed by atoms with van der Waals surface area (Å²) in [5, 5.41) is 5.45. The Morgan fingerprint density at radius 3 is 2.91 bits per heavy atom. The molecule has 0 fully saturated rings. The Bertz CT molecular complexity index is 789. The van der Waals surface area contributed by atoms with E-state index in [1.807, 2.05) is 48.5 Å². The van der Waals surface area contributed by atoms with Gasteiger partial charge in [0.25, 0.3) is 0 Å². The van der Waals surface area contributed by atoms with Crippen molar-refractivity contribution in [3.8, 4) is 11.4 Å². The van der Waals surface area contributed by atoms with Gasteiger partial charge < -0.3 is 15.6 Å². The first-order valence-electron chi connectivity index (χ1n) is 6.97. The first kappa shape index (κ1) is 13.9. The third-order valence-electron chi connectivity index (χ3n) is 3.19. The number of aromatic nitrogens is 2. The molecule has 5 nitrogen and oxygen atoms in total. The number of hydrogen-bond acceptors (Lipinski definition) is 2. The number of imidazole rings is 1. The summed E-state index contributed by atoms with van der Waals surface area (Å²) in [6.45, 7) is 3.99. The number of carbonyl (C=O) groups excluding carboxylic acids is 1. The smallest absolute Gasteiger partial charge is 0.319 e. The molecule has 5 heteroatoms. The topological polar surface area (TPSA) is 69.8 Å². The highest BCUT2D eigenvalue weighted by Crippen LogP contribution is 2.22. The number of carbonyl (C=O) groups is 1. The zero-order chi connectivity index (χ0) is 15.4. The minimum atomic E-state index is -0.262. The van der Waals surface area contributed by atoms with Crippen molar-refractivity contribution in [2.75, 3.05) is 11.9 Å². The second-order valence-corrected chi connectivity index (χ2v) is 4.81. The van der Waals surface area contributed by atoms with E-state index in [0.29, 0.717) is 12.2 Å². The number of anilines is 1. The van der Waals surface area contributed by atoms with Gasteiger partial charge in [0.05, 0.1) is 11.0 Å². The highest BCUT2D eigenvalue weighted by Gasteiger charge is 2.06. The maximum absolute atomic E-state index is 11.7. The van der Waals surface area contributed by atoms with E-state index in [4.69, 9.17) is 0 Å². The number of fused-ring (bicyclic) bond motifs is 1. The summed E-state index contributed by atoms with van der Waals surface area (Å²) in [6.07, 6.45) is 1.63. The van der Waals surface area contributed by atoms with E-state index in [1.165, 1.54) is 0 Å². The number of urea groups is 1. The van der Waals surface area contributed by atoms with E-state index in [1.54, 1.807) is 6.08 Å². The third-order valence-corrected chi connectivity index (χ3v) is 3.19. The highest BCUT2D eigenvalue weighted by molar-refractivity contribution is 5.90. The van der Waals surface area contributed by atoms with E-state index in [9.17, 15) is 4.79 Å². The molecule has 2 aromatic carbocycles. The molecule has 110 valence electrons. The van der Waals surface area contributed by atoms with Crippen LogP contribution in [0.2, 0.25) is 0 Å². The van der Waals surface area contributed by atoms with E-state index in [-0.39, 0.29) is 6.03 Å². The van der Waals surface area contributed by atoms with E-state index < -0.39 is 0 Å². The molecule has 2 amide bonds. The van der Waals surface area contributed by atoms with E-state index >= 15 is 0 Å². The predicted octanol–water partition coefficient (Wildman–Crippen LogP) is 3.54. The first-order valence-corrected chi connectivity index (χ1v) is 6.97. The average molecular weight is 292 g/mol. The van der Waals surface area contributed by atoms with Crippen molar-refractivity contribution in [2.45, 2.75) is 0 Å². The summed E-state index contributed by atoms with van der Waals surface area (Å²) in [7, 11) is 0. The number of aromatic amines is 1. The van der Waals surface area contributed by atoms with Crippen molar-refractivity contribution in [3.63, 3.8) is 0 Å². The molecule has 0 aliphatic rings. The van der Waals surface area contributed by atoms with Gasteiger partial charge in [0.2, 0.25) is 0 Å². The number of hydrogen-bond donors (Lipinski definition) is 3. The average Bonchev–Trinajstić information content (AvgIpc) is 2.97. The Morgan fingerprint density at radius 2 is 2.09 bits per heavy atom. The summed E-state index contributed by atoms with van der Waals surface area (Å²) >= 11 is 0. The van der Waals surface area contributed by atoms with Gasteiger partial charge in [-0.1, -0.05) is 30.3 Å². The Hall–Kier alpha value is -3.08. The monoisotopic (exact) mass is 292 g/mol. The maximum atomic E-state index is 11.7. The van der Waals surface area contributed by atoms with Crippen LogP contribution in [0.15, 0.2) is 61.2 Å². The second kappa shape index (κ2) is 6.13. The fourth-order valence-corrected chi connectivity index (χ4v) is 2.17. The number of para-hydroxylation sites is 2. The number of rotatable bonds is 4. The van der Waals surface area contributed by atoms with Crippen LogP contribution >= 0.6 is 0 Å². The molecule has 0 atom stereocenters. The number of amides is 2. The normalized spacial score (nSPS) is 10.4. The summed E-state index contributed by atoms with van der Waals surface area (Å²) in [5.74, 6) is 0.774. The van der Waals surface area contributed by atoms with Gasteiger partial charge in [0, 0.05) is 17.8 Å². The lowest BCUT2D eigenvalue weighted by atomic mass is 10.2. The van der Waals surface area contributed by atoms with Crippen LogP contribution in [0.3, 0.4) is 0 Å². The number of nitrogens with one attached hydrogen (secondary N) is 3. The van der Waals surface area contributed by atoms with Crippen molar-refractivity contribution in [2.24, 2.45) is 0 Å². The molecule has 1 aromatic heterocycles. The fourth-order valence-electron chi connectivity index (χ4n) is 2.17. The standard InChI is InChI=1S/C17H16N4O/c1-2-10-18-17(22)19-13-7-5-6-12(11-13)16-20-14-8-3-4-9-15(14)21-16/h2-9,11H,1,10H2,(H,20,21)(H2,18,19,22). The van der Waals surface area contributed by atoms with Gasteiger partial charge in [-0.25, -0.2) is 9.78 Å². The van der Waals surface area contributed by atoms with Crippen LogP contribution in [-0.4, -0.2) is 22.5 Å². The Balaban J connectivity index is 1.84. The molecule has 3 aromatic rings. The maximum Gasteiger partial charge on any atom is 0.319 e. The fraction of sp³-hybridized carbons (Fsp3) is 0.0588. The number of nitrogens with zero attached hydrogens (tertiary/aromatic N) is 1. The molecule has 3 rings (SSSR count). The summed E-state index contributed by atoms with van der Waals surface area (Å²) in [5.41, 5.74) is 3.52. The van der Waals surface area contributed by atoms with Crippen molar-refractivity contribution in [3.05, 3.63) is 61.2 Å². The molecular formula is C17H16N4O. The van der Waals surface area contributed by atoms with Gasteiger partial charge in [-0.05, 0) is 24.3 Å². The first-order chi connectivity index (χ1) is 10.8. The largest absolute Gasteiger partial charge is 0.338 e. The van der Waals surface area contributed by atoms with Crippen LogP contribution in [0.4, 0.5) is 10.5 Å². The van der Waals surface area contributed by atoms with Gasteiger partial charge in [-0.2, -0.15) is 0 Å². The van der Waals surface area contributed by atoms with Crippen molar-refractivity contribution in [1.82, 2.24) is 15.3 Å². The lowest BCUT2D eigenvalue weighted by molar-refractivity contribution is 0.253. The zero-order valence-corrected chi connectivity index (χ0v) is 12.0. The molecule has 0 aliphatic heterocycles. The van der Waals surface area contributed by atoms with Crippen LogP contribution in [0.1, 0.15) is 0 Å². The predicted molar refractivity (Wildman–Crippen MR) is 88.7 cm³/mol. The molecule has 0 aliphatic carbocycles. The third kappa shape index (κ3) is 2.98. The molecule has 0 saturated heterocycles. The van der Waals surface area contributed by atoms with Gasteiger partial charge in [-0.15, -0.1) is 6.58 Å². The summed E-state index contributed by atoms with van der Waals surface area (Å²) < 4.78 is 0. The molecule has 0 unspecified atom stereocenters. The van der Waals surface area contributed by atoms with E-state index in [2.05, 4.69) is 27.2 Å². The lowest BCUT2D eigenvalue weighted by Crippen LogP contribution is -2.28. The van der Waals surface area contributed by atoms with Gasteiger partial charge in [0.1, 0.15) is 5.82 Å². The van der Waals surface area contributed by atoms with Gasteiger partial charge in [0.15, 0.2) is 0 Å². The molecular weight excluding hydrogens is 276 g/mol. The number of H-pyrrole nitrogens is 1. The van der Waals surface area contributed by atoms with Crippen LogP contribution in [0.5, 0.6) is 0 Å². The number of benzene rings is 2. The highest BCUT2D eigenvalue weighted by atomic mass is 16.2. The summed E-state index contributed by atoms with van der Waals surface area (Å²) in [6, 6.07) is 15.1. The second-order valence-electron chi connectivity index (χ2n) is 4.81. The summed E-state index contributed by atoms with van der Waals surface area (Å²) in [4.78, 5) is 19.5. The molecule has 1 heterocycles. The minimum Gasteiger partial charge on any atom is -0.338 e. The van der Waals surface area contributed by atoms with Crippen LogP contribution < -0.4 is 10.6 Å². The SMILES string of the molecule is C=CCNC(=O)Nc1cccc(-c2nc3ccccc3[nH]2)c1. The molecule has 0 bridgehead atoms. The Labute approximate surface area is 128 Å². The Kier molecular flexibility index (Phi) is 3.87. The van der Waals surface area contributed by atoms with Crippen LogP contribution in [0, 0.1) is 0 Å². The van der Waals surface area contributed by atoms with Crippen molar-refractivity contribution >= 4 is 22.8 Å². The van der Waals surface area contributed by atoms with Crippen LogP contribution in [-0.2, 0) is 0 Å². The Morgan fingerprint density at radius 1 is 1.23 bits per heavy atom. The molecule has 22 heavy (non-hydrogen) atoms. The molecule has 0 radical (unpaired) electrons. The van der Waals surface area contributed by atoms with Crippen molar-refractivity contribution in [1.29, 1.82) is 0 Å². The van der Waals surface area contributed by atoms with Crippen molar-refractivity contribution < 1.29 is 4.79 Å². The molecule has 0 spiro atoms. The quantitative estimate of drug-likeness (QED) is 0.644. The minimum absolute atomic E-state index is 0.262. The van der Waals surface area contributed by atoms with Crippen LogP contribution in [0.25, 0.3) is 22.4 Å². The van der Waals surface area contributed by atoms with Gasteiger partial charge >= 0.3 is 6.03 Å². The molecule has 0 saturated carbocycles.